The highest BCUT2D eigenvalue weighted by Crippen LogP contribution is 2.35. The van der Waals surface area contributed by atoms with E-state index in [1.54, 1.807) is 0 Å². The summed E-state index contributed by atoms with van der Waals surface area (Å²) in [7, 11) is 0. The van der Waals surface area contributed by atoms with Crippen molar-refractivity contribution in [3.8, 4) is 11.3 Å². The van der Waals surface area contributed by atoms with Crippen molar-refractivity contribution in [3.63, 3.8) is 0 Å². The lowest BCUT2D eigenvalue weighted by Crippen LogP contribution is -2.36. The number of benzene rings is 2. The number of aromatic nitrogens is 3. The van der Waals surface area contributed by atoms with Crippen LogP contribution in [0.4, 0.5) is 11.5 Å². The van der Waals surface area contributed by atoms with E-state index < -0.39 is 0 Å². The van der Waals surface area contributed by atoms with E-state index >= 15 is 0 Å². The second-order valence-electron chi connectivity index (χ2n) is 9.13. The maximum absolute atomic E-state index is 5.49. The van der Waals surface area contributed by atoms with Gasteiger partial charge in [0.2, 0.25) is 0 Å². The van der Waals surface area contributed by atoms with Gasteiger partial charge in [-0.2, -0.15) is 5.10 Å². The van der Waals surface area contributed by atoms with Gasteiger partial charge in [0.1, 0.15) is 11.5 Å². The predicted molar refractivity (Wildman–Crippen MR) is 133 cm³/mol. The molecule has 1 fully saturated rings. The first-order chi connectivity index (χ1) is 16.2. The van der Waals surface area contributed by atoms with Gasteiger partial charge in [-0.15, -0.1) is 0 Å². The summed E-state index contributed by atoms with van der Waals surface area (Å²) in [5, 5.41) is 12.8. The minimum absolute atomic E-state index is 0.344. The van der Waals surface area contributed by atoms with Gasteiger partial charge in [0, 0.05) is 35.9 Å². The van der Waals surface area contributed by atoms with Gasteiger partial charge in [0.15, 0.2) is 0 Å². The number of hydrogen-bond donors (Lipinski definition) is 2. The Labute approximate surface area is 194 Å². The topological polar surface area (TPSA) is 66.1 Å². The Morgan fingerprint density at radius 2 is 1.97 bits per heavy atom. The monoisotopic (exact) mass is 439 g/mol. The third kappa shape index (κ3) is 3.95. The Hall–Kier alpha value is -3.38. The number of ether oxygens (including phenoxy) is 1. The zero-order chi connectivity index (χ0) is 22.2. The molecule has 0 spiro atoms. The van der Waals surface area contributed by atoms with Crippen molar-refractivity contribution in [2.45, 2.75) is 32.2 Å². The molecule has 0 bridgehead atoms. The fourth-order valence-electron chi connectivity index (χ4n) is 5.15. The van der Waals surface area contributed by atoms with Crippen LogP contribution >= 0.6 is 0 Å². The summed E-state index contributed by atoms with van der Waals surface area (Å²) in [5.74, 6) is 0.982. The van der Waals surface area contributed by atoms with Gasteiger partial charge in [-0.3, -0.25) is 5.10 Å². The molecule has 2 aromatic carbocycles. The van der Waals surface area contributed by atoms with Crippen molar-refractivity contribution in [3.05, 3.63) is 71.4 Å². The number of fused-ring (bicyclic) bond motifs is 2. The molecule has 33 heavy (non-hydrogen) atoms. The number of pyridine rings is 1. The van der Waals surface area contributed by atoms with Crippen LogP contribution in [0.2, 0.25) is 0 Å². The molecule has 2 aliphatic rings. The molecule has 168 valence electrons. The second kappa shape index (κ2) is 8.52. The van der Waals surface area contributed by atoms with Crippen LogP contribution in [-0.4, -0.2) is 41.5 Å². The fraction of sp³-hybridized carbons (Fsp3) is 0.333. The van der Waals surface area contributed by atoms with Crippen LogP contribution in [-0.2, 0) is 11.2 Å². The van der Waals surface area contributed by atoms with Gasteiger partial charge in [-0.05, 0) is 67.6 Å². The van der Waals surface area contributed by atoms with Gasteiger partial charge in [0.05, 0.1) is 24.8 Å². The van der Waals surface area contributed by atoms with Crippen LogP contribution < -0.4 is 10.2 Å². The molecule has 6 nitrogen and oxygen atoms in total. The number of rotatable bonds is 4. The largest absolute Gasteiger partial charge is 0.378 e. The molecule has 1 atom stereocenters. The van der Waals surface area contributed by atoms with Crippen molar-refractivity contribution in [2.24, 2.45) is 0 Å². The maximum atomic E-state index is 5.49. The van der Waals surface area contributed by atoms with E-state index in [1.165, 1.54) is 29.5 Å². The van der Waals surface area contributed by atoms with Gasteiger partial charge in [-0.1, -0.05) is 23.8 Å². The van der Waals surface area contributed by atoms with E-state index in [9.17, 15) is 0 Å². The molecule has 2 aromatic heterocycles. The maximum Gasteiger partial charge on any atom is 0.129 e. The normalized spacial score (nSPS) is 18.3. The Kier molecular flexibility index (Phi) is 5.23. The standard InChI is InChI=1S/C27H29N5O/c1-18-5-7-22-19(15-18)3-2-4-24(22)29-21-6-8-25-23(17-21)27(31-30-25)20-9-10-28-26(16-20)32-11-13-33-14-12-32/h5-10,15-17,24,29H,2-4,11-14H2,1H3,(H,30,31)/t24-/m1/s1. The number of nitrogens with zero attached hydrogens (tertiary/aromatic N) is 3. The first-order valence-electron chi connectivity index (χ1n) is 11.9. The van der Waals surface area contributed by atoms with Gasteiger partial charge in [-0.25, -0.2) is 4.98 Å². The smallest absolute Gasteiger partial charge is 0.129 e. The van der Waals surface area contributed by atoms with E-state index in [2.05, 4.69) is 74.8 Å². The predicted octanol–water partition coefficient (Wildman–Crippen LogP) is 5.26. The first-order valence-corrected chi connectivity index (χ1v) is 11.9. The van der Waals surface area contributed by atoms with Crippen molar-refractivity contribution in [1.82, 2.24) is 15.2 Å². The lowest BCUT2D eigenvalue weighted by atomic mass is 9.86. The summed E-state index contributed by atoms with van der Waals surface area (Å²) in [6, 6.07) is 17.9. The molecule has 1 aliphatic carbocycles. The molecule has 6 heteroatoms. The molecule has 0 saturated carbocycles. The number of hydrogen-bond acceptors (Lipinski definition) is 5. The molecular weight excluding hydrogens is 410 g/mol. The van der Waals surface area contributed by atoms with Crippen LogP contribution in [0, 0.1) is 6.92 Å². The van der Waals surface area contributed by atoms with Crippen LogP contribution in [0.3, 0.4) is 0 Å². The summed E-state index contributed by atoms with van der Waals surface area (Å²) >= 11 is 0. The van der Waals surface area contributed by atoms with Crippen LogP contribution in [0.25, 0.3) is 22.2 Å². The number of aromatic amines is 1. The van der Waals surface area contributed by atoms with E-state index in [-0.39, 0.29) is 0 Å². The Morgan fingerprint density at radius 3 is 2.88 bits per heavy atom. The number of anilines is 2. The third-order valence-electron chi connectivity index (χ3n) is 6.87. The summed E-state index contributed by atoms with van der Waals surface area (Å²) in [6.07, 6.45) is 5.42. The SMILES string of the molecule is Cc1ccc2c(c1)CCC[C@H]2Nc1ccc2[nH]nc(-c3ccnc(N4CCOCC4)c3)c2c1. The van der Waals surface area contributed by atoms with E-state index in [4.69, 9.17) is 4.74 Å². The zero-order valence-corrected chi connectivity index (χ0v) is 19.0. The molecule has 0 amide bonds. The highest BCUT2D eigenvalue weighted by molar-refractivity contribution is 5.95. The van der Waals surface area contributed by atoms with E-state index in [0.29, 0.717) is 6.04 Å². The lowest BCUT2D eigenvalue weighted by Gasteiger charge is -2.28. The van der Waals surface area contributed by atoms with Gasteiger partial charge < -0.3 is 15.0 Å². The summed E-state index contributed by atoms with van der Waals surface area (Å²) in [6.45, 7) is 5.41. The average molecular weight is 440 g/mol. The van der Waals surface area contributed by atoms with Crippen molar-refractivity contribution in [2.75, 3.05) is 36.5 Å². The highest BCUT2D eigenvalue weighted by Gasteiger charge is 2.21. The number of H-pyrrole nitrogens is 1. The molecule has 2 N–H and O–H groups in total. The molecule has 4 aromatic rings. The molecule has 3 heterocycles. The molecule has 6 rings (SSSR count). The fourth-order valence-corrected chi connectivity index (χ4v) is 5.15. The minimum atomic E-state index is 0.344. The molecule has 1 aliphatic heterocycles. The van der Waals surface area contributed by atoms with Crippen LogP contribution in [0.15, 0.2) is 54.7 Å². The van der Waals surface area contributed by atoms with Crippen molar-refractivity contribution < 1.29 is 4.74 Å². The summed E-state index contributed by atoms with van der Waals surface area (Å²) in [4.78, 5) is 6.87. The van der Waals surface area contributed by atoms with E-state index in [0.717, 1.165) is 66.4 Å². The number of aryl methyl sites for hydroxylation is 2. The summed E-state index contributed by atoms with van der Waals surface area (Å²) in [5.41, 5.74) is 8.47. The average Bonchev–Trinajstić information content (AvgIpc) is 3.28. The second-order valence-corrected chi connectivity index (χ2v) is 9.13. The van der Waals surface area contributed by atoms with Gasteiger partial charge >= 0.3 is 0 Å². The minimum Gasteiger partial charge on any atom is -0.378 e. The van der Waals surface area contributed by atoms with E-state index in [1.807, 2.05) is 12.3 Å². The molecule has 0 unspecified atom stereocenters. The Morgan fingerprint density at radius 1 is 1.06 bits per heavy atom. The zero-order valence-electron chi connectivity index (χ0n) is 19.0. The molecule has 0 radical (unpaired) electrons. The summed E-state index contributed by atoms with van der Waals surface area (Å²) < 4.78 is 5.49. The van der Waals surface area contributed by atoms with Crippen molar-refractivity contribution >= 4 is 22.4 Å². The Balaban J connectivity index is 1.31. The first kappa shape index (κ1) is 20.2. The van der Waals surface area contributed by atoms with Gasteiger partial charge in [0.25, 0.3) is 0 Å². The number of nitrogens with one attached hydrogen (secondary N) is 2. The quantitative estimate of drug-likeness (QED) is 0.454. The lowest BCUT2D eigenvalue weighted by molar-refractivity contribution is 0.122. The number of morpholine rings is 1. The Bertz CT molecular complexity index is 1290. The van der Waals surface area contributed by atoms with Crippen molar-refractivity contribution in [1.29, 1.82) is 0 Å². The third-order valence-corrected chi connectivity index (χ3v) is 6.87. The molecule has 1 saturated heterocycles. The van der Waals surface area contributed by atoms with Crippen LogP contribution in [0.5, 0.6) is 0 Å². The van der Waals surface area contributed by atoms with Crippen LogP contribution in [0.1, 0.15) is 35.6 Å². The molecular formula is C27H29N5O. The highest BCUT2D eigenvalue weighted by atomic mass is 16.5.